The molecule has 0 spiro atoms. The van der Waals surface area contributed by atoms with Gasteiger partial charge in [0, 0.05) is 17.4 Å². The highest BCUT2D eigenvalue weighted by Crippen LogP contribution is 2.27. The van der Waals surface area contributed by atoms with Gasteiger partial charge in [-0.25, -0.2) is 9.97 Å². The van der Waals surface area contributed by atoms with Crippen LogP contribution in [0.2, 0.25) is 0 Å². The van der Waals surface area contributed by atoms with Gasteiger partial charge in [0.15, 0.2) is 17.4 Å². The summed E-state index contributed by atoms with van der Waals surface area (Å²) in [4.78, 5) is 23.7. The van der Waals surface area contributed by atoms with Crippen LogP contribution in [0.1, 0.15) is 17.3 Å². The van der Waals surface area contributed by atoms with Crippen molar-refractivity contribution in [2.24, 2.45) is 0 Å². The molecule has 2 heterocycles. The van der Waals surface area contributed by atoms with Crippen LogP contribution in [-0.2, 0) is 0 Å². The summed E-state index contributed by atoms with van der Waals surface area (Å²) < 4.78 is 0. The first-order chi connectivity index (χ1) is 11.6. The normalized spacial score (nSPS) is 10.2. The van der Waals surface area contributed by atoms with E-state index in [1.54, 1.807) is 36.7 Å². The summed E-state index contributed by atoms with van der Waals surface area (Å²) in [5.74, 6) is 0.985. The van der Waals surface area contributed by atoms with Crippen molar-refractivity contribution in [3.63, 3.8) is 0 Å². The van der Waals surface area contributed by atoms with Gasteiger partial charge < -0.3 is 16.4 Å². The largest absolute Gasteiger partial charge is 0.393 e. The first-order valence-electron chi connectivity index (χ1n) is 7.29. The average molecular weight is 320 g/mol. The van der Waals surface area contributed by atoms with Crippen LogP contribution in [0.15, 0.2) is 55.1 Å². The minimum Gasteiger partial charge on any atom is -0.393 e. The van der Waals surface area contributed by atoms with Crippen LogP contribution in [-0.4, -0.2) is 20.7 Å². The van der Waals surface area contributed by atoms with Gasteiger partial charge in [-0.05, 0) is 43.3 Å². The number of hydrogen-bond donors (Lipinski definition) is 3. The SMILES string of the molecule is CC(=O)c1ccc(Nc2ncnc(Nc3cccnc3)c2N)cc1. The number of nitrogens with two attached hydrogens (primary N) is 1. The summed E-state index contributed by atoms with van der Waals surface area (Å²) in [6.07, 6.45) is 4.78. The number of carbonyl (C=O) groups excluding carboxylic acids is 1. The molecular formula is C17H16N6O. The molecule has 0 fully saturated rings. The maximum Gasteiger partial charge on any atom is 0.159 e. The Hall–Kier alpha value is -3.48. The highest BCUT2D eigenvalue weighted by Gasteiger charge is 2.09. The molecule has 3 aromatic rings. The summed E-state index contributed by atoms with van der Waals surface area (Å²) in [5.41, 5.74) is 8.72. The van der Waals surface area contributed by atoms with E-state index in [1.165, 1.54) is 13.3 Å². The second kappa shape index (κ2) is 6.74. The molecule has 1 aromatic carbocycles. The second-order valence-electron chi connectivity index (χ2n) is 5.11. The summed E-state index contributed by atoms with van der Waals surface area (Å²) in [7, 11) is 0. The summed E-state index contributed by atoms with van der Waals surface area (Å²) in [6.45, 7) is 1.53. The van der Waals surface area contributed by atoms with Gasteiger partial charge in [-0.1, -0.05) is 0 Å². The maximum absolute atomic E-state index is 11.3. The van der Waals surface area contributed by atoms with Crippen molar-refractivity contribution in [1.29, 1.82) is 0 Å². The van der Waals surface area contributed by atoms with Crippen LogP contribution < -0.4 is 16.4 Å². The van der Waals surface area contributed by atoms with E-state index in [1.807, 2.05) is 12.1 Å². The third kappa shape index (κ3) is 3.46. The van der Waals surface area contributed by atoms with Gasteiger partial charge in [0.2, 0.25) is 0 Å². The molecule has 0 amide bonds. The van der Waals surface area contributed by atoms with Crippen LogP contribution in [0.4, 0.5) is 28.7 Å². The number of nitrogens with one attached hydrogen (secondary N) is 2. The van der Waals surface area contributed by atoms with Gasteiger partial charge >= 0.3 is 0 Å². The van der Waals surface area contributed by atoms with Crippen molar-refractivity contribution in [2.75, 3.05) is 16.4 Å². The molecule has 7 nitrogen and oxygen atoms in total. The van der Waals surface area contributed by atoms with Gasteiger partial charge in [-0.15, -0.1) is 0 Å². The Kier molecular flexibility index (Phi) is 4.33. The molecule has 7 heteroatoms. The zero-order valence-corrected chi connectivity index (χ0v) is 13.0. The Morgan fingerprint density at radius 3 is 2.25 bits per heavy atom. The van der Waals surface area contributed by atoms with Gasteiger partial charge in [0.1, 0.15) is 12.0 Å². The monoisotopic (exact) mass is 320 g/mol. The van der Waals surface area contributed by atoms with E-state index < -0.39 is 0 Å². The number of benzene rings is 1. The minimum atomic E-state index is 0.0195. The molecule has 3 rings (SSSR count). The fraction of sp³-hybridized carbons (Fsp3) is 0.0588. The predicted octanol–water partition coefficient (Wildman–Crippen LogP) is 3.14. The van der Waals surface area contributed by atoms with E-state index in [2.05, 4.69) is 25.6 Å². The lowest BCUT2D eigenvalue weighted by atomic mass is 10.1. The number of rotatable bonds is 5. The molecule has 0 aliphatic carbocycles. The molecular weight excluding hydrogens is 304 g/mol. The van der Waals surface area contributed by atoms with Crippen LogP contribution >= 0.6 is 0 Å². The predicted molar refractivity (Wildman–Crippen MR) is 93.7 cm³/mol. The highest BCUT2D eigenvalue weighted by atomic mass is 16.1. The molecule has 4 N–H and O–H groups in total. The molecule has 0 aliphatic heterocycles. The smallest absolute Gasteiger partial charge is 0.159 e. The van der Waals surface area contributed by atoms with Gasteiger partial charge in [-0.2, -0.15) is 0 Å². The number of carbonyl (C=O) groups is 1. The molecule has 0 saturated heterocycles. The Morgan fingerprint density at radius 2 is 1.67 bits per heavy atom. The first kappa shape index (κ1) is 15.4. The molecule has 0 saturated carbocycles. The van der Waals surface area contributed by atoms with Crippen LogP contribution in [0, 0.1) is 0 Å². The van der Waals surface area contributed by atoms with E-state index >= 15 is 0 Å². The molecule has 0 aliphatic rings. The van der Waals surface area contributed by atoms with Crippen molar-refractivity contribution in [3.8, 4) is 0 Å². The molecule has 0 bridgehead atoms. The lowest BCUT2D eigenvalue weighted by Crippen LogP contribution is -2.05. The molecule has 24 heavy (non-hydrogen) atoms. The van der Waals surface area contributed by atoms with Crippen molar-refractivity contribution < 1.29 is 4.79 Å². The van der Waals surface area contributed by atoms with E-state index in [0.717, 1.165) is 11.4 Å². The minimum absolute atomic E-state index is 0.0195. The number of ketones is 1. The molecule has 0 radical (unpaired) electrons. The maximum atomic E-state index is 11.3. The summed E-state index contributed by atoms with van der Waals surface area (Å²) >= 11 is 0. The zero-order valence-electron chi connectivity index (χ0n) is 13.0. The van der Waals surface area contributed by atoms with Gasteiger partial charge in [0.05, 0.1) is 11.9 Å². The van der Waals surface area contributed by atoms with E-state index in [-0.39, 0.29) is 5.78 Å². The fourth-order valence-electron chi connectivity index (χ4n) is 2.09. The fourth-order valence-corrected chi connectivity index (χ4v) is 2.09. The number of nitrogens with zero attached hydrogens (tertiary/aromatic N) is 3. The number of aromatic nitrogens is 3. The Morgan fingerprint density at radius 1 is 1.00 bits per heavy atom. The Bertz CT molecular complexity index is 849. The van der Waals surface area contributed by atoms with E-state index in [0.29, 0.717) is 22.9 Å². The highest BCUT2D eigenvalue weighted by molar-refractivity contribution is 5.94. The third-order valence-corrected chi connectivity index (χ3v) is 3.36. The number of Topliss-reactive ketones (excluding diaryl/α,β-unsaturated/α-hetero) is 1. The second-order valence-corrected chi connectivity index (χ2v) is 5.11. The van der Waals surface area contributed by atoms with E-state index in [4.69, 9.17) is 5.73 Å². The van der Waals surface area contributed by atoms with Gasteiger partial charge in [0.25, 0.3) is 0 Å². The Balaban J connectivity index is 1.81. The van der Waals surface area contributed by atoms with Crippen molar-refractivity contribution in [1.82, 2.24) is 15.0 Å². The zero-order chi connectivity index (χ0) is 16.9. The number of pyridine rings is 1. The lowest BCUT2D eigenvalue weighted by molar-refractivity contribution is 0.101. The molecule has 0 atom stereocenters. The lowest BCUT2D eigenvalue weighted by Gasteiger charge is -2.12. The number of anilines is 5. The first-order valence-corrected chi connectivity index (χ1v) is 7.29. The Labute approximate surface area is 139 Å². The summed E-state index contributed by atoms with van der Waals surface area (Å²) in [5, 5.41) is 6.22. The van der Waals surface area contributed by atoms with Crippen molar-refractivity contribution in [3.05, 3.63) is 60.7 Å². The van der Waals surface area contributed by atoms with Crippen LogP contribution in [0.3, 0.4) is 0 Å². The average Bonchev–Trinajstić information content (AvgIpc) is 2.60. The molecule has 0 unspecified atom stereocenters. The molecule has 2 aromatic heterocycles. The van der Waals surface area contributed by atoms with Crippen LogP contribution in [0.25, 0.3) is 0 Å². The molecule has 120 valence electrons. The van der Waals surface area contributed by atoms with Crippen molar-refractivity contribution >= 4 is 34.5 Å². The summed E-state index contributed by atoms with van der Waals surface area (Å²) in [6, 6.07) is 10.8. The van der Waals surface area contributed by atoms with Crippen LogP contribution in [0.5, 0.6) is 0 Å². The standard InChI is InChI=1S/C17H16N6O/c1-11(24)12-4-6-13(7-5-12)22-16-15(18)17(21-10-20-16)23-14-3-2-8-19-9-14/h2-10H,18H2,1H3,(H2,20,21,22,23). The van der Waals surface area contributed by atoms with Crippen molar-refractivity contribution in [2.45, 2.75) is 6.92 Å². The van der Waals surface area contributed by atoms with Gasteiger partial charge in [-0.3, -0.25) is 9.78 Å². The topological polar surface area (TPSA) is 106 Å². The number of hydrogen-bond acceptors (Lipinski definition) is 7. The number of nitrogen functional groups attached to an aromatic ring is 1. The quantitative estimate of drug-likeness (QED) is 0.620. The third-order valence-electron chi connectivity index (χ3n) is 3.36. The van der Waals surface area contributed by atoms with E-state index in [9.17, 15) is 4.79 Å².